The van der Waals surface area contributed by atoms with E-state index in [4.69, 9.17) is 4.42 Å². The number of anilines is 2. The number of aryl methyl sites for hydroxylation is 2. The van der Waals surface area contributed by atoms with Gasteiger partial charge in [-0.1, -0.05) is 12.1 Å². The highest BCUT2D eigenvalue weighted by atomic mass is 32.1. The third-order valence-electron chi connectivity index (χ3n) is 4.95. The first-order valence-electron chi connectivity index (χ1n) is 10.0. The molecule has 0 saturated heterocycles. The summed E-state index contributed by atoms with van der Waals surface area (Å²) in [6.45, 7) is 3.81. The Kier molecular flexibility index (Phi) is 6.24. The fraction of sp³-hybridized carbons (Fsp3) is 0.167. The third kappa shape index (κ3) is 5.25. The Morgan fingerprint density at radius 1 is 1.09 bits per heavy atom. The predicted octanol–water partition coefficient (Wildman–Crippen LogP) is 6.83. The van der Waals surface area contributed by atoms with Crippen LogP contribution in [0.15, 0.2) is 71.5 Å². The van der Waals surface area contributed by atoms with Crippen LogP contribution in [0.5, 0.6) is 0 Å². The minimum atomic E-state index is -4.43. The van der Waals surface area contributed by atoms with E-state index in [9.17, 15) is 18.0 Å². The second-order valence-electron chi connectivity index (χ2n) is 7.49. The molecular formula is C24H20F3N3O2S. The average molecular weight is 472 g/mol. The lowest BCUT2D eigenvalue weighted by Gasteiger charge is -2.22. The molecule has 0 fully saturated rings. The van der Waals surface area contributed by atoms with Crippen LogP contribution < -0.4 is 10.6 Å². The summed E-state index contributed by atoms with van der Waals surface area (Å²) in [7, 11) is 0. The summed E-state index contributed by atoms with van der Waals surface area (Å²) >= 11 is 1.37. The van der Waals surface area contributed by atoms with Gasteiger partial charge in [0.25, 0.3) is 5.91 Å². The van der Waals surface area contributed by atoms with Crippen LogP contribution in [-0.2, 0) is 6.18 Å². The van der Waals surface area contributed by atoms with Gasteiger partial charge in [-0.05, 0) is 67.4 Å². The number of nitrogens with one attached hydrogen (secondary N) is 2. The normalized spacial score (nSPS) is 12.4. The number of alkyl halides is 3. The van der Waals surface area contributed by atoms with Gasteiger partial charge in [0.15, 0.2) is 5.76 Å². The third-order valence-corrected chi connectivity index (χ3v) is 5.93. The van der Waals surface area contributed by atoms with Crippen LogP contribution in [0.4, 0.5) is 24.0 Å². The standard InChI is InChI=1S/C24H20F3N3O2S/c1-14-9-10-28-20(12-14)29-21(16-5-7-17(8-6-16)24(25,26)27)18-13-15(2)33-23(18)30-22(31)19-4-3-11-32-19/h3-13,21H,1-2H3,(H,28,29)(H,30,31). The largest absolute Gasteiger partial charge is 0.459 e. The van der Waals surface area contributed by atoms with Crippen LogP contribution in [0.3, 0.4) is 0 Å². The van der Waals surface area contributed by atoms with E-state index in [0.29, 0.717) is 21.9 Å². The van der Waals surface area contributed by atoms with Crippen LogP contribution in [-0.4, -0.2) is 10.9 Å². The Bertz CT molecular complexity index is 1250. The number of hydrogen-bond acceptors (Lipinski definition) is 5. The van der Waals surface area contributed by atoms with Gasteiger partial charge >= 0.3 is 6.18 Å². The fourth-order valence-corrected chi connectivity index (χ4v) is 4.33. The first-order chi connectivity index (χ1) is 15.7. The Balaban J connectivity index is 1.74. The van der Waals surface area contributed by atoms with Gasteiger partial charge in [0.05, 0.1) is 17.9 Å². The lowest BCUT2D eigenvalue weighted by atomic mass is 9.98. The topological polar surface area (TPSA) is 67.2 Å². The molecule has 0 bridgehead atoms. The minimum absolute atomic E-state index is 0.159. The van der Waals surface area contributed by atoms with E-state index in [1.165, 1.54) is 29.7 Å². The first-order valence-corrected chi connectivity index (χ1v) is 10.8. The Hall–Kier alpha value is -3.59. The molecule has 4 rings (SSSR count). The van der Waals surface area contributed by atoms with E-state index in [1.54, 1.807) is 18.3 Å². The van der Waals surface area contributed by atoms with Gasteiger partial charge in [-0.3, -0.25) is 4.79 Å². The molecule has 1 aromatic carbocycles. The number of aromatic nitrogens is 1. The van der Waals surface area contributed by atoms with Crippen molar-refractivity contribution >= 4 is 28.1 Å². The van der Waals surface area contributed by atoms with Crippen molar-refractivity contribution in [2.45, 2.75) is 26.1 Å². The zero-order chi connectivity index (χ0) is 23.6. The van der Waals surface area contributed by atoms with Crippen molar-refractivity contribution in [2.75, 3.05) is 10.6 Å². The van der Waals surface area contributed by atoms with E-state index in [2.05, 4.69) is 15.6 Å². The van der Waals surface area contributed by atoms with Crippen molar-refractivity contribution in [3.63, 3.8) is 0 Å². The number of hydrogen-bond donors (Lipinski definition) is 2. The van der Waals surface area contributed by atoms with E-state index in [-0.39, 0.29) is 5.76 Å². The maximum Gasteiger partial charge on any atom is 0.416 e. The lowest BCUT2D eigenvalue weighted by molar-refractivity contribution is -0.137. The van der Waals surface area contributed by atoms with Gasteiger partial charge in [-0.2, -0.15) is 13.2 Å². The molecule has 170 valence electrons. The average Bonchev–Trinajstić information content (AvgIpc) is 3.42. The second kappa shape index (κ2) is 9.11. The molecule has 0 radical (unpaired) electrons. The Morgan fingerprint density at radius 2 is 1.85 bits per heavy atom. The van der Waals surface area contributed by atoms with E-state index in [0.717, 1.165) is 22.6 Å². The SMILES string of the molecule is Cc1ccnc(NC(c2ccc(C(F)(F)F)cc2)c2cc(C)sc2NC(=O)c2ccco2)c1. The van der Waals surface area contributed by atoms with Gasteiger partial charge in [-0.25, -0.2) is 4.98 Å². The summed E-state index contributed by atoms with van der Waals surface area (Å²) in [5, 5.41) is 6.74. The summed E-state index contributed by atoms with van der Waals surface area (Å²) in [5.74, 6) is 0.307. The number of benzene rings is 1. The zero-order valence-electron chi connectivity index (χ0n) is 17.7. The molecule has 0 aliphatic heterocycles. The maximum absolute atomic E-state index is 13.1. The van der Waals surface area contributed by atoms with Crippen molar-refractivity contribution in [1.82, 2.24) is 4.98 Å². The number of thiophene rings is 1. The molecule has 3 heterocycles. The molecule has 1 amide bonds. The highest BCUT2D eigenvalue weighted by Crippen LogP contribution is 2.38. The zero-order valence-corrected chi connectivity index (χ0v) is 18.6. The van der Waals surface area contributed by atoms with Crippen molar-refractivity contribution in [3.05, 3.63) is 99.9 Å². The highest BCUT2D eigenvalue weighted by molar-refractivity contribution is 7.16. The summed E-state index contributed by atoms with van der Waals surface area (Å²) in [4.78, 5) is 17.9. The summed E-state index contributed by atoms with van der Waals surface area (Å²) in [6.07, 6.45) is -1.37. The van der Waals surface area contributed by atoms with E-state index < -0.39 is 23.7 Å². The summed E-state index contributed by atoms with van der Waals surface area (Å²) in [6, 6.07) is 13.2. The van der Waals surface area contributed by atoms with E-state index >= 15 is 0 Å². The molecule has 0 spiro atoms. The monoisotopic (exact) mass is 471 g/mol. The number of rotatable bonds is 6. The van der Waals surface area contributed by atoms with Crippen molar-refractivity contribution in [1.29, 1.82) is 0 Å². The molecule has 0 aliphatic carbocycles. The van der Waals surface area contributed by atoms with Crippen molar-refractivity contribution in [3.8, 4) is 0 Å². The number of nitrogens with zero attached hydrogens (tertiary/aromatic N) is 1. The number of halogens is 3. The van der Waals surface area contributed by atoms with Crippen LogP contribution in [0.1, 0.15) is 43.7 Å². The number of carbonyl (C=O) groups is 1. The molecule has 4 aromatic rings. The molecule has 1 atom stereocenters. The smallest absolute Gasteiger partial charge is 0.416 e. The first kappa shape index (κ1) is 22.6. The van der Waals surface area contributed by atoms with Crippen LogP contribution in [0.2, 0.25) is 0 Å². The quantitative estimate of drug-likeness (QED) is 0.324. The van der Waals surface area contributed by atoms with E-state index in [1.807, 2.05) is 32.0 Å². The molecular weight excluding hydrogens is 451 g/mol. The molecule has 0 aliphatic rings. The van der Waals surface area contributed by atoms with Gasteiger partial charge in [0.1, 0.15) is 10.8 Å². The lowest BCUT2D eigenvalue weighted by Crippen LogP contribution is -2.17. The van der Waals surface area contributed by atoms with Crippen molar-refractivity contribution < 1.29 is 22.4 Å². The molecule has 3 aromatic heterocycles. The molecule has 1 unspecified atom stereocenters. The molecule has 9 heteroatoms. The number of amides is 1. The summed E-state index contributed by atoms with van der Waals surface area (Å²) < 4.78 is 44.5. The second-order valence-corrected chi connectivity index (χ2v) is 8.74. The highest BCUT2D eigenvalue weighted by Gasteiger charge is 2.31. The van der Waals surface area contributed by atoms with Crippen LogP contribution in [0, 0.1) is 13.8 Å². The molecule has 2 N–H and O–H groups in total. The van der Waals surface area contributed by atoms with Gasteiger partial charge in [0, 0.05) is 16.6 Å². The Labute approximate surface area is 192 Å². The van der Waals surface area contributed by atoms with Crippen LogP contribution >= 0.6 is 11.3 Å². The summed E-state index contributed by atoms with van der Waals surface area (Å²) in [5.41, 5.74) is 1.55. The van der Waals surface area contributed by atoms with Crippen molar-refractivity contribution in [2.24, 2.45) is 0 Å². The molecule has 5 nitrogen and oxygen atoms in total. The number of furan rings is 1. The fourth-order valence-electron chi connectivity index (χ4n) is 3.39. The molecule has 0 saturated carbocycles. The Morgan fingerprint density at radius 3 is 2.48 bits per heavy atom. The van der Waals surface area contributed by atoms with Gasteiger partial charge in [0.2, 0.25) is 0 Å². The van der Waals surface area contributed by atoms with Crippen LogP contribution in [0.25, 0.3) is 0 Å². The van der Waals surface area contributed by atoms with Gasteiger partial charge < -0.3 is 15.1 Å². The predicted molar refractivity (Wildman–Crippen MR) is 122 cm³/mol. The maximum atomic E-state index is 13.1. The van der Waals surface area contributed by atoms with Gasteiger partial charge in [-0.15, -0.1) is 11.3 Å². The number of carbonyl (C=O) groups excluding carboxylic acids is 1. The minimum Gasteiger partial charge on any atom is -0.459 e. The number of pyridine rings is 1. The molecule has 33 heavy (non-hydrogen) atoms.